The third kappa shape index (κ3) is 4.06. The molecule has 0 radical (unpaired) electrons. The number of phenolic OH excluding ortho intramolecular Hbond substituents is 1. The van der Waals surface area contributed by atoms with Crippen molar-refractivity contribution in [1.82, 2.24) is 10.3 Å². The lowest BCUT2D eigenvalue weighted by Crippen LogP contribution is -2.28. The molecule has 0 fully saturated rings. The molecule has 5 nitrogen and oxygen atoms in total. The van der Waals surface area contributed by atoms with Gasteiger partial charge < -0.3 is 20.1 Å². The minimum Gasteiger partial charge on any atom is -0.508 e. The first-order chi connectivity index (χ1) is 12.6. The van der Waals surface area contributed by atoms with E-state index in [1.54, 1.807) is 18.2 Å². The Kier molecular flexibility index (Phi) is 5.58. The minimum atomic E-state index is 0.195. The highest BCUT2D eigenvalue weighted by Gasteiger charge is 2.13. The number of likely N-dealkylation sites (N-methyl/N-ethyl adjacent to an activating group) is 2. The number of nitrogens with zero attached hydrogens (tertiary/aromatic N) is 2. The lowest BCUT2D eigenvalue weighted by Gasteiger charge is -2.22. The van der Waals surface area contributed by atoms with Crippen molar-refractivity contribution < 1.29 is 9.84 Å². The standard InChI is InChI=1S/C21H25N3O2/c1-15-6-4-7-16-12-17(14-26-19-9-5-8-18(25)13-19)21(23-20(15)16)24(3)11-10-22-2/h4-9,12-13,22,25H,10-11,14H2,1-3H3. The van der Waals surface area contributed by atoms with Crippen molar-refractivity contribution in [3.05, 3.63) is 59.7 Å². The summed E-state index contributed by atoms with van der Waals surface area (Å²) in [5, 5.41) is 13.9. The Hall–Kier alpha value is -2.79. The van der Waals surface area contributed by atoms with Gasteiger partial charge >= 0.3 is 0 Å². The van der Waals surface area contributed by atoms with Gasteiger partial charge in [-0.2, -0.15) is 0 Å². The molecule has 0 atom stereocenters. The molecule has 3 rings (SSSR count). The Bertz CT molecular complexity index is 896. The smallest absolute Gasteiger partial charge is 0.135 e. The molecule has 136 valence electrons. The summed E-state index contributed by atoms with van der Waals surface area (Å²) in [6.07, 6.45) is 0. The van der Waals surface area contributed by atoms with E-state index in [4.69, 9.17) is 9.72 Å². The zero-order chi connectivity index (χ0) is 18.5. The van der Waals surface area contributed by atoms with Crippen LogP contribution in [0.25, 0.3) is 10.9 Å². The summed E-state index contributed by atoms with van der Waals surface area (Å²) in [6, 6.07) is 15.2. The third-order valence-corrected chi connectivity index (χ3v) is 4.37. The van der Waals surface area contributed by atoms with Crippen molar-refractivity contribution in [1.29, 1.82) is 0 Å². The first kappa shape index (κ1) is 18.0. The molecule has 26 heavy (non-hydrogen) atoms. The van der Waals surface area contributed by atoms with E-state index in [0.29, 0.717) is 12.4 Å². The summed E-state index contributed by atoms with van der Waals surface area (Å²) in [7, 11) is 3.99. The van der Waals surface area contributed by atoms with E-state index in [0.717, 1.165) is 40.9 Å². The number of aromatic hydroxyl groups is 1. The van der Waals surface area contributed by atoms with Gasteiger partial charge in [0.15, 0.2) is 0 Å². The summed E-state index contributed by atoms with van der Waals surface area (Å²) in [5.74, 6) is 1.75. The maximum absolute atomic E-state index is 9.61. The van der Waals surface area contributed by atoms with Crippen LogP contribution in [0, 0.1) is 6.92 Å². The number of aryl methyl sites for hydroxylation is 1. The molecule has 0 saturated heterocycles. The normalized spacial score (nSPS) is 10.9. The van der Waals surface area contributed by atoms with E-state index >= 15 is 0 Å². The first-order valence-electron chi connectivity index (χ1n) is 8.75. The lowest BCUT2D eigenvalue weighted by atomic mass is 10.1. The minimum absolute atomic E-state index is 0.195. The molecule has 2 aromatic carbocycles. The van der Waals surface area contributed by atoms with Crippen molar-refractivity contribution >= 4 is 16.7 Å². The Morgan fingerprint density at radius 3 is 2.73 bits per heavy atom. The fraction of sp³-hybridized carbons (Fsp3) is 0.286. The molecule has 2 N–H and O–H groups in total. The van der Waals surface area contributed by atoms with Crippen molar-refractivity contribution in [2.24, 2.45) is 0 Å². The maximum atomic E-state index is 9.61. The number of para-hydroxylation sites is 1. The van der Waals surface area contributed by atoms with E-state index in [1.165, 1.54) is 0 Å². The van der Waals surface area contributed by atoms with Gasteiger partial charge in [0, 0.05) is 37.2 Å². The molecule has 1 heterocycles. The molecule has 0 spiro atoms. The number of rotatable bonds is 7. The fourth-order valence-electron chi connectivity index (χ4n) is 2.94. The van der Waals surface area contributed by atoms with E-state index in [1.807, 2.05) is 26.2 Å². The van der Waals surface area contributed by atoms with Gasteiger partial charge in [0.05, 0.1) is 5.52 Å². The highest BCUT2D eigenvalue weighted by atomic mass is 16.5. The number of nitrogens with one attached hydrogen (secondary N) is 1. The summed E-state index contributed by atoms with van der Waals surface area (Å²) in [6.45, 7) is 4.19. The highest BCUT2D eigenvalue weighted by Crippen LogP contribution is 2.27. The molecular formula is C21H25N3O2. The Morgan fingerprint density at radius 1 is 1.15 bits per heavy atom. The first-order valence-corrected chi connectivity index (χ1v) is 8.75. The summed E-state index contributed by atoms with van der Waals surface area (Å²) in [4.78, 5) is 7.07. The number of aromatic nitrogens is 1. The average molecular weight is 351 g/mol. The van der Waals surface area contributed by atoms with Gasteiger partial charge in [-0.1, -0.05) is 24.3 Å². The second kappa shape index (κ2) is 8.06. The highest BCUT2D eigenvalue weighted by molar-refractivity contribution is 5.84. The van der Waals surface area contributed by atoms with Crippen LogP contribution in [0.2, 0.25) is 0 Å². The topological polar surface area (TPSA) is 57.6 Å². The van der Waals surface area contributed by atoms with Gasteiger partial charge in [0.25, 0.3) is 0 Å². The third-order valence-electron chi connectivity index (χ3n) is 4.37. The molecule has 3 aromatic rings. The second-order valence-electron chi connectivity index (χ2n) is 6.43. The SMILES string of the molecule is CNCCN(C)c1nc2c(C)cccc2cc1COc1cccc(O)c1. The van der Waals surface area contributed by atoms with Crippen LogP contribution in [0.15, 0.2) is 48.5 Å². The van der Waals surface area contributed by atoms with Gasteiger partial charge in [-0.05, 0) is 37.7 Å². The maximum Gasteiger partial charge on any atom is 0.135 e. The number of pyridine rings is 1. The number of ether oxygens (including phenoxy) is 1. The van der Waals surface area contributed by atoms with Gasteiger partial charge in [-0.25, -0.2) is 4.98 Å². The van der Waals surface area contributed by atoms with Crippen LogP contribution >= 0.6 is 0 Å². The largest absolute Gasteiger partial charge is 0.508 e. The van der Waals surface area contributed by atoms with Gasteiger partial charge in [0.2, 0.25) is 0 Å². The quantitative estimate of drug-likeness (QED) is 0.682. The molecule has 0 aliphatic heterocycles. The predicted molar refractivity (Wildman–Crippen MR) is 106 cm³/mol. The Morgan fingerprint density at radius 2 is 1.96 bits per heavy atom. The molecule has 0 aliphatic rings. The number of phenols is 1. The number of benzene rings is 2. The summed E-state index contributed by atoms with van der Waals surface area (Å²) < 4.78 is 5.91. The van der Waals surface area contributed by atoms with Crippen LogP contribution < -0.4 is 15.0 Å². The van der Waals surface area contributed by atoms with E-state index in [-0.39, 0.29) is 5.75 Å². The molecule has 0 aliphatic carbocycles. The van der Waals surface area contributed by atoms with Crippen molar-refractivity contribution in [3.63, 3.8) is 0 Å². The fourth-order valence-corrected chi connectivity index (χ4v) is 2.94. The van der Waals surface area contributed by atoms with Crippen LogP contribution in [-0.2, 0) is 6.61 Å². The zero-order valence-electron chi connectivity index (χ0n) is 15.5. The van der Waals surface area contributed by atoms with Gasteiger partial charge in [0.1, 0.15) is 23.9 Å². The Labute approximate surface area is 154 Å². The van der Waals surface area contributed by atoms with E-state index in [9.17, 15) is 5.11 Å². The summed E-state index contributed by atoms with van der Waals surface area (Å²) >= 11 is 0. The summed E-state index contributed by atoms with van der Waals surface area (Å²) in [5.41, 5.74) is 3.19. The monoisotopic (exact) mass is 351 g/mol. The molecule has 1 aromatic heterocycles. The number of hydrogen-bond acceptors (Lipinski definition) is 5. The average Bonchev–Trinajstić information content (AvgIpc) is 2.64. The molecule has 5 heteroatoms. The second-order valence-corrected chi connectivity index (χ2v) is 6.43. The number of anilines is 1. The van der Waals surface area contributed by atoms with Crippen LogP contribution in [0.4, 0.5) is 5.82 Å². The molecular weight excluding hydrogens is 326 g/mol. The van der Waals surface area contributed by atoms with E-state index < -0.39 is 0 Å². The van der Waals surface area contributed by atoms with Crippen LogP contribution in [-0.4, -0.2) is 37.3 Å². The molecule has 0 unspecified atom stereocenters. The van der Waals surface area contributed by atoms with E-state index in [2.05, 4.69) is 35.3 Å². The number of fused-ring (bicyclic) bond motifs is 1. The predicted octanol–water partition coefficient (Wildman–Crippen LogP) is 3.48. The van der Waals surface area contributed by atoms with Crippen LogP contribution in [0.1, 0.15) is 11.1 Å². The van der Waals surface area contributed by atoms with Gasteiger partial charge in [-0.3, -0.25) is 0 Å². The van der Waals surface area contributed by atoms with Crippen LogP contribution in [0.3, 0.4) is 0 Å². The molecule has 0 saturated carbocycles. The van der Waals surface area contributed by atoms with Crippen molar-refractivity contribution in [2.75, 3.05) is 32.1 Å². The zero-order valence-corrected chi connectivity index (χ0v) is 15.5. The van der Waals surface area contributed by atoms with Gasteiger partial charge in [-0.15, -0.1) is 0 Å². The lowest BCUT2D eigenvalue weighted by molar-refractivity contribution is 0.304. The van der Waals surface area contributed by atoms with Crippen molar-refractivity contribution in [2.45, 2.75) is 13.5 Å². The van der Waals surface area contributed by atoms with Crippen molar-refractivity contribution in [3.8, 4) is 11.5 Å². The Balaban J connectivity index is 1.95. The molecule has 0 amide bonds. The number of hydrogen-bond donors (Lipinski definition) is 2. The van der Waals surface area contributed by atoms with Crippen LogP contribution in [0.5, 0.6) is 11.5 Å². The molecule has 0 bridgehead atoms.